The van der Waals surface area contributed by atoms with E-state index in [-0.39, 0.29) is 5.41 Å². The standard InChI is InChI=1S/C10H15NO/c1-8-4-6-10(2,3)7-5-9(8)11-12/h4,6H,5,7H2,1-3H3. The number of nitrogens with zero attached hydrogens (tertiary/aromatic N) is 1. The first-order valence-electron chi connectivity index (χ1n) is 4.27. The van der Waals surface area contributed by atoms with Crippen LogP contribution in [0.1, 0.15) is 33.6 Å². The Morgan fingerprint density at radius 2 is 2.17 bits per heavy atom. The van der Waals surface area contributed by atoms with Crippen molar-refractivity contribution in [1.82, 2.24) is 0 Å². The Hall–Kier alpha value is -0.920. The highest BCUT2D eigenvalue weighted by atomic mass is 16.3. The minimum Gasteiger partial charge on any atom is -0.145 e. The molecule has 1 aliphatic rings. The van der Waals surface area contributed by atoms with Gasteiger partial charge in [-0.3, -0.25) is 0 Å². The first-order chi connectivity index (χ1) is 5.55. The van der Waals surface area contributed by atoms with E-state index in [0.29, 0.717) is 5.70 Å². The van der Waals surface area contributed by atoms with Gasteiger partial charge < -0.3 is 0 Å². The molecule has 2 nitrogen and oxygen atoms in total. The Balaban J connectivity index is 2.88. The van der Waals surface area contributed by atoms with E-state index >= 15 is 0 Å². The average molecular weight is 165 g/mol. The predicted octanol–water partition coefficient (Wildman–Crippen LogP) is 3.40. The van der Waals surface area contributed by atoms with Crippen LogP contribution in [0.4, 0.5) is 0 Å². The second kappa shape index (κ2) is 3.21. The van der Waals surface area contributed by atoms with E-state index in [4.69, 9.17) is 0 Å². The van der Waals surface area contributed by atoms with Crippen molar-refractivity contribution in [2.75, 3.05) is 0 Å². The number of hydrogen-bond acceptors (Lipinski definition) is 2. The molecule has 0 bridgehead atoms. The SMILES string of the molecule is CC1=C(N=O)CCC(C)(C)C=C1. The smallest absolute Gasteiger partial charge is 0.0878 e. The minimum atomic E-state index is 0.202. The van der Waals surface area contributed by atoms with Crippen LogP contribution in [0.25, 0.3) is 0 Å². The third-order valence-corrected chi connectivity index (χ3v) is 2.36. The van der Waals surface area contributed by atoms with Crippen LogP contribution in [0.5, 0.6) is 0 Å². The molecule has 0 aromatic heterocycles. The highest BCUT2D eigenvalue weighted by molar-refractivity contribution is 5.26. The molecule has 0 fully saturated rings. The molecule has 12 heavy (non-hydrogen) atoms. The Labute approximate surface area is 73.3 Å². The normalized spacial score (nSPS) is 22.2. The maximum absolute atomic E-state index is 10.4. The molecule has 0 saturated heterocycles. The van der Waals surface area contributed by atoms with Crippen molar-refractivity contribution < 1.29 is 0 Å². The van der Waals surface area contributed by atoms with Crippen molar-refractivity contribution in [2.45, 2.75) is 33.6 Å². The summed E-state index contributed by atoms with van der Waals surface area (Å²) in [5.41, 5.74) is 1.92. The summed E-state index contributed by atoms with van der Waals surface area (Å²) in [6, 6.07) is 0. The number of rotatable bonds is 1. The summed E-state index contributed by atoms with van der Waals surface area (Å²) in [6.07, 6.45) is 5.96. The zero-order valence-corrected chi connectivity index (χ0v) is 7.92. The molecule has 0 spiro atoms. The van der Waals surface area contributed by atoms with Crippen molar-refractivity contribution in [2.24, 2.45) is 10.6 Å². The summed E-state index contributed by atoms with van der Waals surface area (Å²) in [5, 5.41) is 3.03. The number of nitroso groups, excluding NO2 is 1. The second-order valence-electron chi connectivity index (χ2n) is 4.04. The highest BCUT2D eigenvalue weighted by Gasteiger charge is 2.18. The van der Waals surface area contributed by atoms with Crippen molar-refractivity contribution in [3.05, 3.63) is 28.3 Å². The maximum atomic E-state index is 10.4. The second-order valence-corrected chi connectivity index (χ2v) is 4.04. The van der Waals surface area contributed by atoms with Crippen LogP contribution in [0.15, 0.2) is 28.6 Å². The van der Waals surface area contributed by atoms with Crippen LogP contribution in [0, 0.1) is 10.3 Å². The first-order valence-corrected chi connectivity index (χ1v) is 4.27. The van der Waals surface area contributed by atoms with Crippen molar-refractivity contribution in [3.8, 4) is 0 Å². The molecule has 1 aliphatic carbocycles. The minimum absolute atomic E-state index is 0.202. The van der Waals surface area contributed by atoms with E-state index in [1.165, 1.54) is 0 Å². The molecule has 0 aromatic rings. The van der Waals surface area contributed by atoms with Gasteiger partial charge in [-0.15, -0.1) is 4.91 Å². The van der Waals surface area contributed by atoms with Gasteiger partial charge in [-0.25, -0.2) is 0 Å². The predicted molar refractivity (Wildman–Crippen MR) is 50.7 cm³/mol. The van der Waals surface area contributed by atoms with E-state index in [1.54, 1.807) is 0 Å². The highest BCUT2D eigenvalue weighted by Crippen LogP contribution is 2.31. The van der Waals surface area contributed by atoms with Gasteiger partial charge in [0.25, 0.3) is 0 Å². The molecule has 0 unspecified atom stereocenters. The molecule has 0 amide bonds. The molecule has 66 valence electrons. The fourth-order valence-corrected chi connectivity index (χ4v) is 1.29. The summed E-state index contributed by atoms with van der Waals surface area (Å²) >= 11 is 0. The van der Waals surface area contributed by atoms with Crippen molar-refractivity contribution >= 4 is 0 Å². The van der Waals surface area contributed by atoms with Crippen LogP contribution in [0.2, 0.25) is 0 Å². The lowest BCUT2D eigenvalue weighted by atomic mass is 9.88. The first kappa shape index (κ1) is 9.17. The molecule has 2 heteroatoms. The lowest BCUT2D eigenvalue weighted by molar-refractivity contribution is 0.439. The third-order valence-electron chi connectivity index (χ3n) is 2.36. The Kier molecular flexibility index (Phi) is 2.46. The fourth-order valence-electron chi connectivity index (χ4n) is 1.29. The lowest BCUT2D eigenvalue weighted by Crippen LogP contribution is -2.05. The molecule has 0 aliphatic heterocycles. The van der Waals surface area contributed by atoms with E-state index in [1.807, 2.05) is 13.0 Å². The zero-order valence-electron chi connectivity index (χ0n) is 7.92. The number of hydrogen-bond donors (Lipinski definition) is 0. The summed E-state index contributed by atoms with van der Waals surface area (Å²) in [7, 11) is 0. The summed E-state index contributed by atoms with van der Waals surface area (Å²) in [5.74, 6) is 0. The molecule has 1 rings (SSSR count). The topological polar surface area (TPSA) is 29.4 Å². The fraction of sp³-hybridized carbons (Fsp3) is 0.600. The van der Waals surface area contributed by atoms with E-state index in [9.17, 15) is 4.91 Å². The summed E-state index contributed by atoms with van der Waals surface area (Å²) in [6.45, 7) is 6.28. The molecule has 0 radical (unpaired) electrons. The van der Waals surface area contributed by atoms with Crippen LogP contribution >= 0.6 is 0 Å². The van der Waals surface area contributed by atoms with Crippen molar-refractivity contribution in [1.29, 1.82) is 0 Å². The maximum Gasteiger partial charge on any atom is 0.0878 e. The quantitative estimate of drug-likeness (QED) is 0.547. The molecular formula is C10H15NO. The average Bonchev–Trinajstić information content (AvgIpc) is 2.13. The largest absolute Gasteiger partial charge is 0.145 e. The summed E-state index contributed by atoms with van der Waals surface area (Å²) in [4.78, 5) is 10.4. The third kappa shape index (κ3) is 2.03. The van der Waals surface area contributed by atoms with Gasteiger partial charge in [0.1, 0.15) is 0 Å². The molecule has 0 saturated carbocycles. The van der Waals surface area contributed by atoms with Crippen LogP contribution < -0.4 is 0 Å². The lowest BCUT2D eigenvalue weighted by Gasteiger charge is -2.17. The Morgan fingerprint density at radius 1 is 1.50 bits per heavy atom. The monoisotopic (exact) mass is 165 g/mol. The molecular weight excluding hydrogens is 150 g/mol. The summed E-state index contributed by atoms with van der Waals surface area (Å²) < 4.78 is 0. The van der Waals surface area contributed by atoms with Gasteiger partial charge in [0.15, 0.2) is 0 Å². The van der Waals surface area contributed by atoms with E-state index in [0.717, 1.165) is 18.4 Å². The van der Waals surface area contributed by atoms with Crippen molar-refractivity contribution in [3.63, 3.8) is 0 Å². The van der Waals surface area contributed by atoms with E-state index in [2.05, 4.69) is 25.1 Å². The van der Waals surface area contributed by atoms with Gasteiger partial charge in [0.05, 0.1) is 5.70 Å². The van der Waals surface area contributed by atoms with Crippen LogP contribution in [-0.2, 0) is 0 Å². The molecule has 0 atom stereocenters. The van der Waals surface area contributed by atoms with Crippen LogP contribution in [0.3, 0.4) is 0 Å². The molecule has 0 aromatic carbocycles. The number of allylic oxidation sites excluding steroid dienone is 4. The van der Waals surface area contributed by atoms with Gasteiger partial charge in [-0.05, 0) is 35.9 Å². The zero-order chi connectivity index (χ0) is 9.19. The molecule has 0 heterocycles. The molecule has 0 N–H and O–H groups in total. The van der Waals surface area contributed by atoms with E-state index < -0.39 is 0 Å². The van der Waals surface area contributed by atoms with Gasteiger partial charge in [0, 0.05) is 0 Å². The van der Waals surface area contributed by atoms with Gasteiger partial charge >= 0.3 is 0 Å². The van der Waals surface area contributed by atoms with Gasteiger partial charge in [-0.1, -0.05) is 26.0 Å². The Bertz CT molecular complexity index is 249. The van der Waals surface area contributed by atoms with Crippen LogP contribution in [-0.4, -0.2) is 0 Å². The van der Waals surface area contributed by atoms with Gasteiger partial charge in [0.2, 0.25) is 0 Å². The van der Waals surface area contributed by atoms with Gasteiger partial charge in [-0.2, -0.15) is 0 Å². The Morgan fingerprint density at radius 3 is 2.75 bits per heavy atom.